The third-order valence-electron chi connectivity index (χ3n) is 2.56. The summed E-state index contributed by atoms with van der Waals surface area (Å²) in [5.74, 6) is 0. The number of piperidine rings is 1. The normalized spacial score (nSPS) is 23.2. The molecular weight excluding hydrogens is 229 g/mol. The summed E-state index contributed by atoms with van der Waals surface area (Å²) in [5, 5.41) is 0. The largest absolute Gasteiger partial charge is 0.246 e. The summed E-state index contributed by atoms with van der Waals surface area (Å²) >= 11 is 0. The van der Waals surface area contributed by atoms with E-state index in [1.807, 2.05) is 0 Å². The molecule has 3 nitrogen and oxygen atoms in total. The van der Waals surface area contributed by atoms with Crippen molar-refractivity contribution < 1.29 is 12.8 Å². The number of hydrogen-bond acceptors (Lipinski definition) is 2. The van der Waals surface area contributed by atoms with Gasteiger partial charge < -0.3 is 0 Å². The molecule has 0 saturated carbocycles. The Morgan fingerprint density at radius 1 is 1.25 bits per heavy atom. The summed E-state index contributed by atoms with van der Waals surface area (Å²) in [5.41, 5.74) is 0. The van der Waals surface area contributed by atoms with Gasteiger partial charge in [-0.05, 0) is 25.0 Å². The Morgan fingerprint density at radius 3 is 2.56 bits per heavy atom. The van der Waals surface area contributed by atoms with Crippen LogP contribution in [-0.4, -0.2) is 32.0 Å². The highest BCUT2D eigenvalue weighted by Crippen LogP contribution is 2.21. The lowest BCUT2D eigenvalue weighted by Crippen LogP contribution is -2.40. The van der Waals surface area contributed by atoms with Crippen LogP contribution in [-0.2, 0) is 10.0 Å². The van der Waals surface area contributed by atoms with Crippen LogP contribution in [0.5, 0.6) is 0 Å². The predicted octanol–water partition coefficient (Wildman–Crippen LogP) is 1.62. The van der Waals surface area contributed by atoms with E-state index in [1.54, 1.807) is 18.2 Å². The minimum Gasteiger partial charge on any atom is -0.246 e. The van der Waals surface area contributed by atoms with Gasteiger partial charge in [0.15, 0.2) is 0 Å². The van der Waals surface area contributed by atoms with Crippen molar-refractivity contribution >= 4 is 10.0 Å². The van der Waals surface area contributed by atoms with Crippen LogP contribution in [0, 0.1) is 6.42 Å². The smallest absolute Gasteiger partial charge is 0.243 e. The number of alkyl halides is 1. The van der Waals surface area contributed by atoms with Crippen LogP contribution in [0.15, 0.2) is 35.2 Å². The van der Waals surface area contributed by atoms with E-state index >= 15 is 0 Å². The van der Waals surface area contributed by atoms with Crippen LogP contribution in [0.4, 0.5) is 4.39 Å². The summed E-state index contributed by atoms with van der Waals surface area (Å²) < 4.78 is 38.5. The van der Waals surface area contributed by atoms with Gasteiger partial charge >= 0.3 is 0 Å². The van der Waals surface area contributed by atoms with E-state index in [4.69, 9.17) is 0 Å². The first-order valence-corrected chi connectivity index (χ1v) is 6.57. The quantitative estimate of drug-likeness (QED) is 0.790. The lowest BCUT2D eigenvalue weighted by Gasteiger charge is -2.27. The maximum Gasteiger partial charge on any atom is 0.243 e. The first-order valence-electron chi connectivity index (χ1n) is 5.13. The fraction of sp³-hybridized carbons (Fsp3) is 0.364. The molecule has 1 unspecified atom stereocenters. The highest BCUT2D eigenvalue weighted by molar-refractivity contribution is 7.89. The zero-order chi connectivity index (χ0) is 11.6. The van der Waals surface area contributed by atoms with E-state index in [1.165, 1.54) is 22.9 Å². The van der Waals surface area contributed by atoms with Gasteiger partial charge in [-0.2, -0.15) is 4.31 Å². The van der Waals surface area contributed by atoms with Gasteiger partial charge in [-0.3, -0.25) is 0 Å². The van der Waals surface area contributed by atoms with Crippen LogP contribution < -0.4 is 0 Å². The Kier molecular flexibility index (Phi) is 3.25. The predicted molar refractivity (Wildman–Crippen MR) is 59.0 cm³/mol. The fourth-order valence-corrected chi connectivity index (χ4v) is 3.20. The molecule has 0 bridgehead atoms. The Morgan fingerprint density at radius 2 is 1.94 bits per heavy atom. The summed E-state index contributed by atoms with van der Waals surface area (Å²) in [7, 11) is -3.52. The Balaban J connectivity index is 2.26. The second-order valence-electron chi connectivity index (χ2n) is 3.72. The molecule has 1 aromatic carbocycles. The van der Waals surface area contributed by atoms with Gasteiger partial charge in [0.2, 0.25) is 10.0 Å². The summed E-state index contributed by atoms with van der Waals surface area (Å²) in [6, 6.07) is 8.13. The van der Waals surface area contributed by atoms with Gasteiger partial charge in [0, 0.05) is 13.1 Å². The number of hydrogen-bond donors (Lipinski definition) is 0. The number of rotatable bonds is 2. The van der Waals surface area contributed by atoms with Crippen molar-refractivity contribution in [3.8, 4) is 0 Å². The lowest BCUT2D eigenvalue weighted by atomic mass is 10.1. The number of halogens is 1. The van der Waals surface area contributed by atoms with Crippen molar-refractivity contribution in [1.82, 2.24) is 4.31 Å². The summed E-state index contributed by atoms with van der Waals surface area (Å²) in [6.45, 7) is 0.287. The number of nitrogens with zero attached hydrogens (tertiary/aromatic N) is 1. The zero-order valence-electron chi connectivity index (χ0n) is 8.71. The molecule has 1 atom stereocenters. The third kappa shape index (κ3) is 2.25. The highest BCUT2D eigenvalue weighted by Gasteiger charge is 2.29. The first-order chi connectivity index (χ1) is 7.60. The van der Waals surface area contributed by atoms with Crippen LogP contribution in [0.3, 0.4) is 0 Å². The highest BCUT2D eigenvalue weighted by atomic mass is 32.2. The third-order valence-corrected chi connectivity index (χ3v) is 4.44. The molecule has 1 aliphatic heterocycles. The second kappa shape index (κ2) is 4.51. The van der Waals surface area contributed by atoms with Gasteiger partial charge in [-0.25, -0.2) is 12.8 Å². The summed E-state index contributed by atoms with van der Waals surface area (Å²) in [4.78, 5) is 0.226. The van der Waals surface area contributed by atoms with Gasteiger partial charge in [0.25, 0.3) is 0 Å². The molecule has 0 aromatic heterocycles. The Hall–Kier alpha value is -0.940. The van der Waals surface area contributed by atoms with Crippen molar-refractivity contribution in [2.75, 3.05) is 13.1 Å². The summed E-state index contributed by atoms with van der Waals surface area (Å²) in [6.07, 6.45) is 0.816. The van der Waals surface area contributed by atoms with Crippen molar-refractivity contribution in [2.45, 2.75) is 17.5 Å². The average molecular weight is 242 g/mol. The molecule has 1 heterocycles. The monoisotopic (exact) mass is 242 g/mol. The molecule has 5 heteroatoms. The van der Waals surface area contributed by atoms with E-state index in [-0.39, 0.29) is 11.4 Å². The molecule has 0 spiro atoms. The van der Waals surface area contributed by atoms with E-state index in [9.17, 15) is 12.8 Å². The lowest BCUT2D eigenvalue weighted by molar-refractivity contribution is 0.252. The molecule has 1 radical (unpaired) electrons. The minimum atomic E-state index is -3.52. The van der Waals surface area contributed by atoms with Crippen molar-refractivity contribution in [3.05, 3.63) is 36.8 Å². The number of sulfonamides is 1. The molecule has 87 valence electrons. The van der Waals surface area contributed by atoms with Crippen LogP contribution >= 0.6 is 0 Å². The van der Waals surface area contributed by atoms with E-state index < -0.39 is 16.2 Å². The zero-order valence-corrected chi connectivity index (χ0v) is 9.53. The van der Waals surface area contributed by atoms with Crippen molar-refractivity contribution in [1.29, 1.82) is 0 Å². The van der Waals surface area contributed by atoms with E-state index in [0.29, 0.717) is 13.0 Å². The van der Waals surface area contributed by atoms with Gasteiger partial charge in [0.1, 0.15) is 6.17 Å². The molecule has 0 aliphatic carbocycles. The first kappa shape index (κ1) is 11.5. The molecule has 1 aromatic rings. The van der Waals surface area contributed by atoms with Crippen LogP contribution in [0.2, 0.25) is 0 Å². The average Bonchev–Trinajstić information content (AvgIpc) is 2.30. The molecule has 0 N–H and O–H groups in total. The minimum absolute atomic E-state index is 0.0722. The second-order valence-corrected chi connectivity index (χ2v) is 5.65. The van der Waals surface area contributed by atoms with E-state index in [2.05, 4.69) is 0 Å². The SMILES string of the molecule is O=S(=O)(c1ccccc1)N1CC[CH]C(F)C1. The maximum absolute atomic E-state index is 13.1. The Bertz CT molecular complexity index is 446. The van der Waals surface area contributed by atoms with Crippen molar-refractivity contribution in [2.24, 2.45) is 0 Å². The Labute approximate surface area is 94.9 Å². The standard InChI is InChI=1S/C11H13FNO2S/c12-10-5-4-8-13(9-10)16(14,15)11-6-2-1-3-7-11/h1-3,5-7,10H,4,8-9H2. The topological polar surface area (TPSA) is 37.4 Å². The van der Waals surface area contributed by atoms with Gasteiger partial charge in [-0.15, -0.1) is 0 Å². The molecule has 1 fully saturated rings. The molecular formula is C11H13FNO2S. The van der Waals surface area contributed by atoms with Crippen LogP contribution in [0.1, 0.15) is 6.42 Å². The van der Waals surface area contributed by atoms with Crippen LogP contribution in [0.25, 0.3) is 0 Å². The molecule has 1 saturated heterocycles. The molecule has 2 rings (SSSR count). The van der Waals surface area contributed by atoms with Gasteiger partial charge in [0.05, 0.1) is 4.90 Å². The maximum atomic E-state index is 13.1. The van der Waals surface area contributed by atoms with E-state index in [0.717, 1.165) is 0 Å². The molecule has 1 aliphatic rings. The number of benzene rings is 1. The van der Waals surface area contributed by atoms with Gasteiger partial charge in [-0.1, -0.05) is 18.2 Å². The van der Waals surface area contributed by atoms with Crippen molar-refractivity contribution in [3.63, 3.8) is 0 Å². The fourth-order valence-electron chi connectivity index (χ4n) is 1.72. The molecule has 0 amide bonds. The molecule has 16 heavy (non-hydrogen) atoms.